The van der Waals surface area contributed by atoms with Crippen molar-refractivity contribution in [3.8, 4) is 0 Å². The first-order valence-electron chi connectivity index (χ1n) is 6.51. The highest BCUT2D eigenvalue weighted by Gasteiger charge is 2.15. The van der Waals surface area contributed by atoms with Crippen molar-refractivity contribution >= 4 is 17.6 Å². The zero-order chi connectivity index (χ0) is 13.0. The Bertz CT molecular complexity index is 425. The summed E-state index contributed by atoms with van der Waals surface area (Å²) in [5.41, 5.74) is 6.98. The molecule has 98 valence electrons. The van der Waals surface area contributed by atoms with Gasteiger partial charge in [0.1, 0.15) is 0 Å². The van der Waals surface area contributed by atoms with E-state index in [-0.39, 0.29) is 6.04 Å². The summed E-state index contributed by atoms with van der Waals surface area (Å²) in [4.78, 5) is 4.51. The van der Waals surface area contributed by atoms with Gasteiger partial charge in [0.05, 0.1) is 12.1 Å². The number of hydrogen-bond acceptors (Lipinski definition) is 1. The molecule has 1 aromatic rings. The monoisotopic (exact) mass is 265 g/mol. The summed E-state index contributed by atoms with van der Waals surface area (Å²) in [7, 11) is 0. The molecule has 3 N–H and O–H groups in total. The summed E-state index contributed by atoms with van der Waals surface area (Å²) < 4.78 is 0. The number of benzene rings is 1. The van der Waals surface area contributed by atoms with Gasteiger partial charge in [-0.15, -0.1) is 0 Å². The lowest BCUT2D eigenvalue weighted by Gasteiger charge is -2.17. The van der Waals surface area contributed by atoms with Gasteiger partial charge in [0.25, 0.3) is 0 Å². The SMILES string of the molecule is CC(NC(N)=NC1CCCC1)c1ccccc1Cl. The molecule has 2 rings (SSSR count). The fourth-order valence-corrected chi connectivity index (χ4v) is 2.69. The average Bonchev–Trinajstić information content (AvgIpc) is 2.82. The number of guanidine groups is 1. The minimum atomic E-state index is 0.0730. The summed E-state index contributed by atoms with van der Waals surface area (Å²) in [6.45, 7) is 2.04. The predicted octanol–water partition coefficient (Wildman–Crippen LogP) is 3.25. The molecule has 1 aromatic carbocycles. The highest BCUT2D eigenvalue weighted by atomic mass is 35.5. The van der Waals surface area contributed by atoms with Gasteiger partial charge in [-0.1, -0.05) is 42.6 Å². The van der Waals surface area contributed by atoms with E-state index in [9.17, 15) is 0 Å². The highest BCUT2D eigenvalue weighted by molar-refractivity contribution is 6.31. The Morgan fingerprint density at radius 3 is 2.72 bits per heavy atom. The molecule has 0 heterocycles. The van der Waals surface area contributed by atoms with Crippen molar-refractivity contribution in [1.82, 2.24) is 5.32 Å². The standard InChI is InChI=1S/C14H20ClN3/c1-10(12-8-4-5-9-13(12)15)17-14(16)18-11-6-2-3-7-11/h4-5,8-11H,2-3,6-7H2,1H3,(H3,16,17,18). The zero-order valence-electron chi connectivity index (χ0n) is 10.7. The molecule has 0 bridgehead atoms. The molecule has 1 saturated carbocycles. The summed E-state index contributed by atoms with van der Waals surface area (Å²) >= 11 is 6.15. The van der Waals surface area contributed by atoms with Crippen LogP contribution in [-0.2, 0) is 0 Å². The van der Waals surface area contributed by atoms with Crippen LogP contribution in [0.3, 0.4) is 0 Å². The summed E-state index contributed by atoms with van der Waals surface area (Å²) in [5, 5.41) is 3.96. The second-order valence-corrected chi connectivity index (χ2v) is 5.25. The predicted molar refractivity (Wildman–Crippen MR) is 76.9 cm³/mol. The number of hydrogen-bond donors (Lipinski definition) is 2. The molecule has 0 aromatic heterocycles. The fourth-order valence-electron chi connectivity index (χ4n) is 2.39. The molecule has 1 aliphatic carbocycles. The van der Waals surface area contributed by atoms with Crippen molar-refractivity contribution in [2.45, 2.75) is 44.7 Å². The van der Waals surface area contributed by atoms with Gasteiger partial charge in [0.15, 0.2) is 5.96 Å². The summed E-state index contributed by atoms with van der Waals surface area (Å²) in [6, 6.07) is 8.26. The van der Waals surface area contributed by atoms with Crippen LogP contribution in [0.2, 0.25) is 5.02 Å². The smallest absolute Gasteiger partial charge is 0.189 e. The molecule has 1 aliphatic rings. The Hall–Kier alpha value is -1.22. The lowest BCUT2D eigenvalue weighted by Crippen LogP contribution is -2.34. The van der Waals surface area contributed by atoms with E-state index in [2.05, 4.69) is 10.3 Å². The lowest BCUT2D eigenvalue weighted by atomic mass is 10.1. The Labute approximate surface area is 113 Å². The number of nitrogens with zero attached hydrogens (tertiary/aromatic N) is 1. The van der Waals surface area contributed by atoms with Crippen molar-refractivity contribution in [2.24, 2.45) is 10.7 Å². The first kappa shape index (κ1) is 13.2. The van der Waals surface area contributed by atoms with E-state index in [0.717, 1.165) is 23.4 Å². The van der Waals surface area contributed by atoms with Crippen LogP contribution in [0.15, 0.2) is 29.3 Å². The van der Waals surface area contributed by atoms with Crippen molar-refractivity contribution in [3.05, 3.63) is 34.9 Å². The van der Waals surface area contributed by atoms with Crippen molar-refractivity contribution in [2.75, 3.05) is 0 Å². The number of aliphatic imine (C=N–C) groups is 1. The quantitative estimate of drug-likeness (QED) is 0.651. The third-order valence-electron chi connectivity index (χ3n) is 3.38. The molecule has 18 heavy (non-hydrogen) atoms. The fraction of sp³-hybridized carbons (Fsp3) is 0.500. The van der Waals surface area contributed by atoms with Gasteiger partial charge in [-0.3, -0.25) is 4.99 Å². The summed E-state index contributed by atoms with van der Waals surface area (Å²) in [6.07, 6.45) is 4.84. The third-order valence-corrected chi connectivity index (χ3v) is 3.73. The van der Waals surface area contributed by atoms with Crippen LogP contribution < -0.4 is 11.1 Å². The minimum Gasteiger partial charge on any atom is -0.370 e. The third kappa shape index (κ3) is 3.39. The Kier molecular flexibility index (Phi) is 4.48. The molecular formula is C14H20ClN3. The number of halogens is 1. The van der Waals surface area contributed by atoms with E-state index in [1.165, 1.54) is 12.8 Å². The minimum absolute atomic E-state index is 0.0730. The molecule has 0 amide bonds. The molecule has 0 aliphatic heterocycles. The van der Waals surface area contributed by atoms with Crippen molar-refractivity contribution in [1.29, 1.82) is 0 Å². The molecule has 3 nitrogen and oxygen atoms in total. The van der Waals surface area contributed by atoms with Crippen LogP contribution in [0.1, 0.15) is 44.2 Å². The Morgan fingerprint density at radius 1 is 1.39 bits per heavy atom. The molecule has 1 fully saturated rings. The molecular weight excluding hydrogens is 246 g/mol. The second-order valence-electron chi connectivity index (χ2n) is 4.84. The highest BCUT2D eigenvalue weighted by Crippen LogP contribution is 2.23. The number of nitrogens with two attached hydrogens (primary N) is 1. The van der Waals surface area contributed by atoms with Gasteiger partial charge in [-0.25, -0.2) is 0 Å². The maximum Gasteiger partial charge on any atom is 0.189 e. The van der Waals surface area contributed by atoms with Crippen molar-refractivity contribution in [3.63, 3.8) is 0 Å². The number of nitrogens with one attached hydrogen (secondary N) is 1. The van der Waals surface area contributed by atoms with Crippen LogP contribution in [0.25, 0.3) is 0 Å². The van der Waals surface area contributed by atoms with Crippen LogP contribution >= 0.6 is 11.6 Å². The average molecular weight is 266 g/mol. The van der Waals surface area contributed by atoms with Crippen molar-refractivity contribution < 1.29 is 0 Å². The van der Waals surface area contributed by atoms with E-state index >= 15 is 0 Å². The van der Waals surface area contributed by atoms with E-state index in [1.807, 2.05) is 31.2 Å². The van der Waals surface area contributed by atoms with Gasteiger partial charge in [-0.05, 0) is 31.4 Å². The van der Waals surface area contributed by atoms with Gasteiger partial charge in [-0.2, -0.15) is 0 Å². The summed E-state index contributed by atoms with van der Waals surface area (Å²) in [5.74, 6) is 0.523. The number of rotatable bonds is 3. The lowest BCUT2D eigenvalue weighted by molar-refractivity contribution is 0.669. The van der Waals surface area contributed by atoms with Crippen LogP contribution in [0.5, 0.6) is 0 Å². The molecule has 0 spiro atoms. The Balaban J connectivity index is 1.98. The molecule has 1 unspecified atom stereocenters. The first-order chi connectivity index (χ1) is 8.66. The second kappa shape index (κ2) is 6.10. The van der Waals surface area contributed by atoms with E-state index in [1.54, 1.807) is 0 Å². The van der Waals surface area contributed by atoms with E-state index in [0.29, 0.717) is 12.0 Å². The largest absolute Gasteiger partial charge is 0.370 e. The van der Waals surface area contributed by atoms with Crippen LogP contribution in [0, 0.1) is 0 Å². The molecule has 4 heteroatoms. The van der Waals surface area contributed by atoms with Gasteiger partial charge in [0.2, 0.25) is 0 Å². The van der Waals surface area contributed by atoms with Gasteiger partial charge >= 0.3 is 0 Å². The maximum atomic E-state index is 6.15. The topological polar surface area (TPSA) is 50.4 Å². The maximum absolute atomic E-state index is 6.15. The van der Waals surface area contributed by atoms with Gasteiger partial charge < -0.3 is 11.1 Å². The van der Waals surface area contributed by atoms with Crippen LogP contribution in [-0.4, -0.2) is 12.0 Å². The zero-order valence-corrected chi connectivity index (χ0v) is 11.5. The van der Waals surface area contributed by atoms with E-state index in [4.69, 9.17) is 17.3 Å². The van der Waals surface area contributed by atoms with E-state index < -0.39 is 0 Å². The molecule has 0 radical (unpaired) electrons. The van der Waals surface area contributed by atoms with Crippen LogP contribution in [0.4, 0.5) is 0 Å². The first-order valence-corrected chi connectivity index (χ1v) is 6.89. The molecule has 1 atom stereocenters. The Morgan fingerprint density at radius 2 is 2.06 bits per heavy atom. The molecule has 0 saturated heterocycles. The van der Waals surface area contributed by atoms with Gasteiger partial charge in [0, 0.05) is 5.02 Å². The normalized spacial score (nSPS) is 18.9.